The van der Waals surface area contributed by atoms with Crippen LogP contribution in [0.25, 0.3) is 0 Å². The van der Waals surface area contributed by atoms with E-state index in [1.807, 2.05) is 0 Å². The molecule has 0 aliphatic carbocycles. The Morgan fingerprint density at radius 3 is 2.78 bits per heavy atom. The first kappa shape index (κ1) is 13.1. The van der Waals surface area contributed by atoms with Gasteiger partial charge in [-0.1, -0.05) is 11.6 Å². The van der Waals surface area contributed by atoms with Gasteiger partial charge in [0.1, 0.15) is 11.6 Å². The summed E-state index contributed by atoms with van der Waals surface area (Å²) in [4.78, 5) is 8.10. The average Bonchev–Trinajstić information content (AvgIpc) is 2.34. The van der Waals surface area contributed by atoms with Gasteiger partial charge in [0.25, 0.3) is 0 Å². The number of nitrogens with zero attached hydrogens (tertiary/aromatic N) is 2. The summed E-state index contributed by atoms with van der Waals surface area (Å²) in [6.45, 7) is 1.80. The summed E-state index contributed by atoms with van der Waals surface area (Å²) >= 11 is 11.3. The predicted octanol–water partition coefficient (Wildman–Crippen LogP) is 4.11. The van der Waals surface area contributed by atoms with E-state index in [-0.39, 0.29) is 16.8 Å². The van der Waals surface area contributed by atoms with Crippen LogP contribution in [0.15, 0.2) is 24.4 Å². The van der Waals surface area contributed by atoms with Gasteiger partial charge in [0.15, 0.2) is 0 Å². The van der Waals surface area contributed by atoms with E-state index in [0.29, 0.717) is 5.88 Å². The lowest BCUT2D eigenvalue weighted by Crippen LogP contribution is -1.97. The fraction of sp³-hybridized carbons (Fsp3) is 0.167. The molecule has 0 saturated heterocycles. The first-order valence-corrected chi connectivity index (χ1v) is 6.03. The van der Waals surface area contributed by atoms with Gasteiger partial charge in [-0.15, -0.1) is 11.6 Å². The van der Waals surface area contributed by atoms with E-state index < -0.39 is 5.82 Å². The Kier molecular flexibility index (Phi) is 3.99. The van der Waals surface area contributed by atoms with Crippen LogP contribution in [0.4, 0.5) is 4.39 Å². The van der Waals surface area contributed by atoms with Crippen molar-refractivity contribution in [2.75, 3.05) is 0 Å². The Hall–Kier alpha value is -1.39. The second-order valence-corrected chi connectivity index (χ2v) is 4.25. The number of hydrogen-bond donors (Lipinski definition) is 0. The lowest BCUT2D eigenvalue weighted by atomic mass is 10.3. The number of alkyl halides is 1. The highest BCUT2D eigenvalue weighted by molar-refractivity contribution is 6.30. The Morgan fingerprint density at radius 2 is 2.17 bits per heavy atom. The number of halogens is 3. The van der Waals surface area contributed by atoms with E-state index in [2.05, 4.69) is 9.97 Å². The van der Waals surface area contributed by atoms with E-state index in [4.69, 9.17) is 27.9 Å². The molecule has 0 unspecified atom stereocenters. The van der Waals surface area contributed by atoms with E-state index >= 15 is 0 Å². The van der Waals surface area contributed by atoms with Crippen molar-refractivity contribution in [3.05, 3.63) is 46.5 Å². The van der Waals surface area contributed by atoms with E-state index in [9.17, 15) is 4.39 Å². The highest BCUT2D eigenvalue weighted by Crippen LogP contribution is 2.24. The standard InChI is InChI=1S/C12H9Cl2FN2O/c1-7-8(5-13)6-16-12(17-7)18-9-2-3-10(14)11(15)4-9/h2-4,6H,5H2,1H3. The first-order chi connectivity index (χ1) is 8.60. The lowest BCUT2D eigenvalue weighted by molar-refractivity contribution is 0.436. The van der Waals surface area contributed by atoms with Gasteiger partial charge in [-0.2, -0.15) is 4.98 Å². The topological polar surface area (TPSA) is 35.0 Å². The minimum Gasteiger partial charge on any atom is -0.424 e. The van der Waals surface area contributed by atoms with Gasteiger partial charge in [-0.05, 0) is 19.1 Å². The Morgan fingerprint density at radius 1 is 1.39 bits per heavy atom. The molecule has 0 aliphatic rings. The smallest absolute Gasteiger partial charge is 0.322 e. The van der Waals surface area contributed by atoms with Crippen LogP contribution in [-0.2, 0) is 5.88 Å². The second kappa shape index (κ2) is 5.50. The highest BCUT2D eigenvalue weighted by atomic mass is 35.5. The second-order valence-electron chi connectivity index (χ2n) is 3.57. The zero-order chi connectivity index (χ0) is 13.1. The molecule has 1 aromatic heterocycles. The molecule has 94 valence electrons. The predicted molar refractivity (Wildman–Crippen MR) is 67.8 cm³/mol. The Labute approximate surface area is 114 Å². The SMILES string of the molecule is Cc1nc(Oc2ccc(Cl)c(F)c2)ncc1CCl. The summed E-state index contributed by atoms with van der Waals surface area (Å²) in [5.74, 6) is 0.0694. The lowest BCUT2D eigenvalue weighted by Gasteiger charge is -2.06. The quantitative estimate of drug-likeness (QED) is 0.797. The monoisotopic (exact) mass is 286 g/mol. The molecule has 0 radical (unpaired) electrons. The molecule has 0 aliphatic heterocycles. The molecular formula is C12H9Cl2FN2O. The van der Waals surface area contributed by atoms with Crippen LogP contribution in [0.3, 0.4) is 0 Å². The fourth-order valence-corrected chi connectivity index (χ4v) is 1.68. The van der Waals surface area contributed by atoms with E-state index in [1.54, 1.807) is 19.2 Å². The Bertz CT molecular complexity index is 578. The van der Waals surface area contributed by atoms with Crippen LogP contribution in [-0.4, -0.2) is 9.97 Å². The molecule has 0 fully saturated rings. The van der Waals surface area contributed by atoms with Crippen LogP contribution in [0, 0.1) is 12.7 Å². The minimum absolute atomic E-state index is 0.0388. The summed E-state index contributed by atoms with van der Waals surface area (Å²) in [5.41, 5.74) is 1.55. The molecule has 1 heterocycles. The molecule has 2 aromatic rings. The molecule has 18 heavy (non-hydrogen) atoms. The summed E-state index contributed by atoms with van der Waals surface area (Å²) in [7, 11) is 0. The van der Waals surface area contributed by atoms with E-state index in [0.717, 1.165) is 11.3 Å². The zero-order valence-corrected chi connectivity index (χ0v) is 11.0. The largest absolute Gasteiger partial charge is 0.424 e. The number of aryl methyl sites for hydroxylation is 1. The van der Waals surface area contributed by atoms with Crippen molar-refractivity contribution in [3.8, 4) is 11.8 Å². The normalized spacial score (nSPS) is 10.4. The van der Waals surface area contributed by atoms with Gasteiger partial charge >= 0.3 is 6.01 Å². The molecule has 0 spiro atoms. The van der Waals surface area contributed by atoms with Crippen molar-refractivity contribution < 1.29 is 9.13 Å². The van der Waals surface area contributed by atoms with Crippen molar-refractivity contribution in [2.24, 2.45) is 0 Å². The number of aromatic nitrogens is 2. The molecule has 0 bridgehead atoms. The number of rotatable bonds is 3. The van der Waals surface area contributed by atoms with Crippen LogP contribution in [0.5, 0.6) is 11.8 Å². The third kappa shape index (κ3) is 2.89. The van der Waals surface area contributed by atoms with Gasteiger partial charge in [0, 0.05) is 23.5 Å². The van der Waals surface area contributed by atoms with Crippen LogP contribution < -0.4 is 4.74 Å². The number of hydrogen-bond acceptors (Lipinski definition) is 3. The van der Waals surface area contributed by atoms with Crippen LogP contribution in [0.2, 0.25) is 5.02 Å². The van der Waals surface area contributed by atoms with Crippen molar-refractivity contribution in [3.63, 3.8) is 0 Å². The van der Waals surface area contributed by atoms with Crippen molar-refractivity contribution in [1.82, 2.24) is 9.97 Å². The number of benzene rings is 1. The maximum Gasteiger partial charge on any atom is 0.322 e. The van der Waals surface area contributed by atoms with Gasteiger partial charge in [-0.25, -0.2) is 9.37 Å². The summed E-state index contributed by atoms with van der Waals surface area (Å²) < 4.78 is 18.5. The fourth-order valence-electron chi connectivity index (χ4n) is 1.30. The maximum atomic E-state index is 13.2. The average molecular weight is 287 g/mol. The molecular weight excluding hydrogens is 278 g/mol. The highest BCUT2D eigenvalue weighted by Gasteiger charge is 2.07. The van der Waals surface area contributed by atoms with Crippen molar-refractivity contribution in [1.29, 1.82) is 0 Å². The number of ether oxygens (including phenoxy) is 1. The summed E-state index contributed by atoms with van der Waals surface area (Å²) in [6, 6.07) is 4.27. The maximum absolute atomic E-state index is 13.2. The first-order valence-electron chi connectivity index (χ1n) is 5.11. The summed E-state index contributed by atoms with van der Waals surface area (Å²) in [5, 5.41) is 0.0388. The van der Waals surface area contributed by atoms with E-state index in [1.165, 1.54) is 12.1 Å². The summed E-state index contributed by atoms with van der Waals surface area (Å²) in [6.07, 6.45) is 1.58. The van der Waals surface area contributed by atoms with Gasteiger partial charge in [0.2, 0.25) is 0 Å². The minimum atomic E-state index is -0.553. The van der Waals surface area contributed by atoms with Gasteiger partial charge in [-0.3, -0.25) is 0 Å². The molecule has 3 nitrogen and oxygen atoms in total. The molecule has 1 aromatic carbocycles. The molecule has 0 atom stereocenters. The van der Waals surface area contributed by atoms with Crippen molar-refractivity contribution in [2.45, 2.75) is 12.8 Å². The van der Waals surface area contributed by atoms with Gasteiger partial charge in [0.05, 0.1) is 10.9 Å². The van der Waals surface area contributed by atoms with Crippen LogP contribution in [0.1, 0.15) is 11.3 Å². The Balaban J connectivity index is 2.23. The molecule has 0 amide bonds. The molecule has 0 N–H and O–H groups in total. The molecule has 2 rings (SSSR count). The zero-order valence-electron chi connectivity index (χ0n) is 9.45. The van der Waals surface area contributed by atoms with Gasteiger partial charge < -0.3 is 4.74 Å². The third-order valence-corrected chi connectivity index (χ3v) is 2.90. The molecule has 0 saturated carbocycles. The van der Waals surface area contributed by atoms with Crippen molar-refractivity contribution >= 4 is 23.2 Å². The van der Waals surface area contributed by atoms with Crippen LogP contribution >= 0.6 is 23.2 Å². The molecule has 6 heteroatoms. The third-order valence-electron chi connectivity index (χ3n) is 2.30.